The number of aromatic nitrogens is 3. The molecule has 2 aromatic rings. The molecule has 102 valence electrons. The van der Waals surface area contributed by atoms with Crippen LogP contribution < -0.4 is 4.74 Å². The van der Waals surface area contributed by atoms with Crippen molar-refractivity contribution in [1.82, 2.24) is 14.5 Å². The Bertz CT molecular complexity index is 502. The Balaban J connectivity index is 1.85. The van der Waals surface area contributed by atoms with Gasteiger partial charge in [0, 0.05) is 31.1 Å². The summed E-state index contributed by atoms with van der Waals surface area (Å²) in [6, 6.07) is 4.01. The monoisotopic (exact) mass is 259 g/mol. The molecule has 0 aromatic carbocycles. The van der Waals surface area contributed by atoms with Crippen molar-refractivity contribution in [3.63, 3.8) is 0 Å². The predicted molar refractivity (Wildman–Crippen MR) is 75.4 cm³/mol. The van der Waals surface area contributed by atoms with Crippen LogP contribution in [0.15, 0.2) is 30.7 Å². The van der Waals surface area contributed by atoms with E-state index in [0.29, 0.717) is 18.4 Å². The molecular weight excluding hydrogens is 238 g/mol. The average Bonchev–Trinajstić information content (AvgIpc) is 2.87. The molecule has 0 fully saturated rings. The van der Waals surface area contributed by atoms with E-state index < -0.39 is 0 Å². The maximum atomic E-state index is 5.65. The molecule has 0 amide bonds. The van der Waals surface area contributed by atoms with Crippen LogP contribution in [0, 0.1) is 0 Å². The first kappa shape index (κ1) is 13.6. The lowest BCUT2D eigenvalue weighted by atomic mass is 10.1. The molecule has 0 radical (unpaired) electrons. The molecule has 0 aliphatic rings. The topological polar surface area (TPSA) is 39.9 Å². The van der Waals surface area contributed by atoms with Gasteiger partial charge in [-0.25, -0.2) is 9.97 Å². The largest absolute Gasteiger partial charge is 0.476 e. The van der Waals surface area contributed by atoms with Crippen LogP contribution in [0.1, 0.15) is 38.1 Å². The summed E-state index contributed by atoms with van der Waals surface area (Å²) in [4.78, 5) is 8.60. The van der Waals surface area contributed by atoms with Gasteiger partial charge in [-0.2, -0.15) is 0 Å². The Hall–Kier alpha value is -1.84. The van der Waals surface area contributed by atoms with Crippen LogP contribution in [-0.2, 0) is 13.0 Å². The molecule has 2 heterocycles. The summed E-state index contributed by atoms with van der Waals surface area (Å²) in [5.74, 6) is 2.27. The van der Waals surface area contributed by atoms with Crippen LogP contribution in [0.25, 0.3) is 0 Å². The number of rotatable bonds is 6. The quantitative estimate of drug-likeness (QED) is 0.800. The Morgan fingerprint density at radius 1 is 1.26 bits per heavy atom. The summed E-state index contributed by atoms with van der Waals surface area (Å²) < 4.78 is 7.77. The number of hydrogen-bond donors (Lipinski definition) is 0. The van der Waals surface area contributed by atoms with Gasteiger partial charge in [0.15, 0.2) is 0 Å². The molecule has 0 saturated heterocycles. The minimum Gasteiger partial charge on any atom is -0.476 e. The summed E-state index contributed by atoms with van der Waals surface area (Å²) in [6.07, 6.45) is 6.63. The molecule has 0 spiro atoms. The van der Waals surface area contributed by atoms with Crippen molar-refractivity contribution in [3.05, 3.63) is 42.1 Å². The SMILES string of the molecule is CCc1nccn1CCOc1ccc(C(C)C)cn1. The van der Waals surface area contributed by atoms with Gasteiger partial charge in [0.2, 0.25) is 5.88 Å². The second kappa shape index (κ2) is 6.36. The van der Waals surface area contributed by atoms with E-state index >= 15 is 0 Å². The maximum Gasteiger partial charge on any atom is 0.213 e. The molecule has 0 aliphatic carbocycles. The van der Waals surface area contributed by atoms with E-state index in [1.165, 1.54) is 5.56 Å². The first-order valence-corrected chi connectivity index (χ1v) is 6.79. The number of ether oxygens (including phenoxy) is 1. The van der Waals surface area contributed by atoms with E-state index in [1.54, 1.807) is 0 Å². The van der Waals surface area contributed by atoms with Crippen LogP contribution in [0.4, 0.5) is 0 Å². The van der Waals surface area contributed by atoms with Crippen molar-refractivity contribution in [2.24, 2.45) is 0 Å². The molecule has 0 bridgehead atoms. The normalized spacial score (nSPS) is 10.9. The van der Waals surface area contributed by atoms with Crippen LogP contribution in [0.3, 0.4) is 0 Å². The number of nitrogens with zero attached hydrogens (tertiary/aromatic N) is 3. The van der Waals surface area contributed by atoms with Crippen molar-refractivity contribution in [2.75, 3.05) is 6.61 Å². The zero-order valence-electron chi connectivity index (χ0n) is 11.8. The number of aryl methyl sites for hydroxylation is 1. The average molecular weight is 259 g/mol. The summed E-state index contributed by atoms with van der Waals surface area (Å²) >= 11 is 0. The lowest BCUT2D eigenvalue weighted by molar-refractivity contribution is 0.285. The van der Waals surface area contributed by atoms with Gasteiger partial charge in [-0.15, -0.1) is 0 Å². The van der Waals surface area contributed by atoms with Gasteiger partial charge in [-0.1, -0.05) is 26.8 Å². The molecule has 0 unspecified atom stereocenters. The van der Waals surface area contributed by atoms with Gasteiger partial charge >= 0.3 is 0 Å². The first-order chi connectivity index (χ1) is 9.20. The Morgan fingerprint density at radius 2 is 2.11 bits per heavy atom. The van der Waals surface area contributed by atoms with E-state index in [9.17, 15) is 0 Å². The summed E-state index contributed by atoms with van der Waals surface area (Å²) in [7, 11) is 0. The summed E-state index contributed by atoms with van der Waals surface area (Å²) in [5, 5.41) is 0. The lowest BCUT2D eigenvalue weighted by Crippen LogP contribution is -2.10. The van der Waals surface area contributed by atoms with Crippen LogP contribution >= 0.6 is 0 Å². The van der Waals surface area contributed by atoms with Crippen molar-refractivity contribution in [2.45, 2.75) is 39.7 Å². The fourth-order valence-electron chi connectivity index (χ4n) is 1.93. The Labute approximate surface area is 114 Å². The molecule has 2 rings (SSSR count). The highest BCUT2D eigenvalue weighted by Crippen LogP contribution is 2.15. The maximum absolute atomic E-state index is 5.65. The number of imidazole rings is 1. The Kier molecular flexibility index (Phi) is 4.55. The van der Waals surface area contributed by atoms with E-state index in [1.807, 2.05) is 24.7 Å². The molecule has 2 aromatic heterocycles. The highest BCUT2D eigenvalue weighted by atomic mass is 16.5. The first-order valence-electron chi connectivity index (χ1n) is 6.79. The van der Waals surface area contributed by atoms with Crippen LogP contribution in [0.5, 0.6) is 5.88 Å². The molecule has 0 atom stereocenters. The molecule has 0 saturated carbocycles. The van der Waals surface area contributed by atoms with E-state index in [4.69, 9.17) is 4.74 Å². The summed E-state index contributed by atoms with van der Waals surface area (Å²) in [6.45, 7) is 7.83. The third-order valence-electron chi connectivity index (χ3n) is 3.13. The molecule has 4 nitrogen and oxygen atoms in total. The van der Waals surface area contributed by atoms with Crippen molar-refractivity contribution < 1.29 is 4.74 Å². The van der Waals surface area contributed by atoms with Crippen LogP contribution in [0.2, 0.25) is 0 Å². The van der Waals surface area contributed by atoms with Gasteiger partial charge in [-0.3, -0.25) is 0 Å². The van der Waals surface area contributed by atoms with E-state index in [2.05, 4.69) is 41.4 Å². The number of pyridine rings is 1. The molecule has 0 aliphatic heterocycles. The fourth-order valence-corrected chi connectivity index (χ4v) is 1.93. The minimum absolute atomic E-state index is 0.500. The lowest BCUT2D eigenvalue weighted by Gasteiger charge is -2.09. The van der Waals surface area contributed by atoms with E-state index in [0.717, 1.165) is 18.8 Å². The highest BCUT2D eigenvalue weighted by Gasteiger charge is 2.02. The second-order valence-corrected chi connectivity index (χ2v) is 4.82. The molecule has 19 heavy (non-hydrogen) atoms. The number of hydrogen-bond acceptors (Lipinski definition) is 3. The van der Waals surface area contributed by atoms with Crippen molar-refractivity contribution in [3.8, 4) is 5.88 Å². The zero-order valence-corrected chi connectivity index (χ0v) is 11.8. The molecule has 0 N–H and O–H groups in total. The van der Waals surface area contributed by atoms with Gasteiger partial charge in [-0.05, 0) is 11.5 Å². The van der Waals surface area contributed by atoms with Gasteiger partial charge < -0.3 is 9.30 Å². The molecular formula is C15H21N3O. The summed E-state index contributed by atoms with van der Waals surface area (Å²) in [5.41, 5.74) is 1.23. The smallest absolute Gasteiger partial charge is 0.213 e. The van der Waals surface area contributed by atoms with Crippen LogP contribution in [-0.4, -0.2) is 21.1 Å². The third-order valence-corrected chi connectivity index (χ3v) is 3.13. The van der Waals surface area contributed by atoms with Crippen molar-refractivity contribution in [1.29, 1.82) is 0 Å². The predicted octanol–water partition coefficient (Wildman–Crippen LogP) is 3.04. The second-order valence-electron chi connectivity index (χ2n) is 4.82. The highest BCUT2D eigenvalue weighted by molar-refractivity contribution is 5.20. The zero-order chi connectivity index (χ0) is 13.7. The van der Waals surface area contributed by atoms with Gasteiger partial charge in [0.25, 0.3) is 0 Å². The van der Waals surface area contributed by atoms with E-state index in [-0.39, 0.29) is 0 Å². The third kappa shape index (κ3) is 3.56. The molecule has 4 heteroatoms. The fraction of sp³-hybridized carbons (Fsp3) is 0.467. The Morgan fingerprint density at radius 3 is 2.74 bits per heavy atom. The van der Waals surface area contributed by atoms with Gasteiger partial charge in [0.1, 0.15) is 12.4 Å². The van der Waals surface area contributed by atoms with Gasteiger partial charge in [0.05, 0.1) is 6.54 Å². The standard InChI is InChI=1S/C15H21N3O/c1-4-14-16-7-8-18(14)9-10-19-15-6-5-13(11-17-15)12(2)3/h5-8,11-12H,4,9-10H2,1-3H3. The van der Waals surface area contributed by atoms with Crippen molar-refractivity contribution >= 4 is 0 Å². The minimum atomic E-state index is 0.500.